The minimum Gasteiger partial charge on any atom is -0.466 e. The zero-order valence-electron chi connectivity index (χ0n) is 19.2. The molecule has 0 unspecified atom stereocenters. The molecule has 2 fully saturated rings. The van der Waals surface area contributed by atoms with E-state index in [1.807, 2.05) is 0 Å². The molecule has 0 aliphatic carbocycles. The maximum Gasteiger partial charge on any atom is 0.310 e. The lowest BCUT2D eigenvalue weighted by Crippen LogP contribution is -2.42. The summed E-state index contributed by atoms with van der Waals surface area (Å²) in [4.78, 5) is 53.1. The van der Waals surface area contributed by atoms with E-state index in [0.29, 0.717) is 42.8 Å². The molecule has 2 aliphatic rings. The van der Waals surface area contributed by atoms with Gasteiger partial charge in [-0.05, 0) is 73.0 Å². The molecule has 2 aliphatic heterocycles. The third-order valence-corrected chi connectivity index (χ3v) is 6.79. The van der Waals surface area contributed by atoms with E-state index in [0.717, 1.165) is 23.1 Å². The first-order valence-corrected chi connectivity index (χ1v) is 12.2. The Morgan fingerprint density at radius 2 is 1.94 bits per heavy atom. The Bertz CT molecular complexity index is 1180. The van der Waals surface area contributed by atoms with Crippen molar-refractivity contribution in [2.24, 2.45) is 5.92 Å². The highest BCUT2D eigenvalue weighted by Crippen LogP contribution is 2.33. The van der Waals surface area contributed by atoms with Crippen LogP contribution >= 0.6 is 11.8 Å². The van der Waals surface area contributed by atoms with E-state index in [9.17, 15) is 23.6 Å². The number of benzene rings is 2. The molecule has 0 spiro atoms. The van der Waals surface area contributed by atoms with Gasteiger partial charge in [-0.25, -0.2) is 4.39 Å². The van der Waals surface area contributed by atoms with Gasteiger partial charge in [-0.1, -0.05) is 24.3 Å². The molecule has 1 atom stereocenters. The van der Waals surface area contributed by atoms with E-state index in [-0.39, 0.29) is 29.2 Å². The fourth-order valence-electron chi connectivity index (χ4n) is 4.12. The lowest BCUT2D eigenvalue weighted by atomic mass is 9.97. The third kappa shape index (κ3) is 5.79. The van der Waals surface area contributed by atoms with E-state index in [1.165, 1.54) is 18.2 Å². The number of thioether (sulfide) groups is 1. The van der Waals surface area contributed by atoms with Gasteiger partial charge >= 0.3 is 5.97 Å². The first-order chi connectivity index (χ1) is 16.9. The largest absolute Gasteiger partial charge is 0.466 e. The second-order valence-electron chi connectivity index (χ2n) is 8.36. The van der Waals surface area contributed by atoms with Gasteiger partial charge in [0.25, 0.3) is 17.1 Å². The second kappa shape index (κ2) is 10.9. The quantitative estimate of drug-likeness (QED) is 0.433. The number of amides is 3. The van der Waals surface area contributed by atoms with E-state index < -0.39 is 17.0 Å². The summed E-state index contributed by atoms with van der Waals surface area (Å²) in [6.45, 7) is 2.98. The Morgan fingerprint density at radius 3 is 2.66 bits per heavy atom. The van der Waals surface area contributed by atoms with Crippen molar-refractivity contribution < 1.29 is 28.3 Å². The van der Waals surface area contributed by atoms with E-state index in [1.54, 1.807) is 48.2 Å². The average molecular weight is 497 g/mol. The molecule has 35 heavy (non-hydrogen) atoms. The summed E-state index contributed by atoms with van der Waals surface area (Å²) in [6, 6.07) is 12.5. The van der Waals surface area contributed by atoms with Crippen LogP contribution in [-0.2, 0) is 20.9 Å². The summed E-state index contributed by atoms with van der Waals surface area (Å²) in [5.41, 5.74) is 1.67. The van der Waals surface area contributed by atoms with Crippen LogP contribution in [0.15, 0.2) is 53.4 Å². The molecule has 2 aromatic rings. The van der Waals surface area contributed by atoms with Crippen LogP contribution in [0.2, 0.25) is 0 Å². The molecular formula is C26H25FN2O5S. The van der Waals surface area contributed by atoms with E-state index in [4.69, 9.17) is 4.74 Å². The molecule has 7 nitrogen and oxygen atoms in total. The van der Waals surface area contributed by atoms with E-state index >= 15 is 0 Å². The Hall–Kier alpha value is -3.46. The van der Waals surface area contributed by atoms with Crippen LogP contribution in [0.3, 0.4) is 0 Å². The topological polar surface area (TPSA) is 84.0 Å². The number of esters is 1. The molecule has 2 heterocycles. The second-order valence-corrected chi connectivity index (χ2v) is 9.36. The SMILES string of the molecule is CCOC(=O)[C@H]1CCCN(C(=O)c2ccc(/C=C3\SC(=O)N(Cc4cccc(F)c4)C3=O)cc2)C1. The molecule has 3 amide bonds. The maximum absolute atomic E-state index is 13.4. The van der Waals surface area contributed by atoms with Gasteiger partial charge in [-0.3, -0.25) is 24.1 Å². The third-order valence-electron chi connectivity index (χ3n) is 5.89. The summed E-state index contributed by atoms with van der Waals surface area (Å²) in [5.74, 6) is -1.62. The smallest absolute Gasteiger partial charge is 0.310 e. The zero-order valence-corrected chi connectivity index (χ0v) is 20.1. The molecular weight excluding hydrogens is 471 g/mol. The number of likely N-dealkylation sites (tertiary alicyclic amines) is 1. The fraction of sp³-hybridized carbons (Fsp3) is 0.308. The van der Waals surface area contributed by atoms with Crippen molar-refractivity contribution in [3.05, 3.63) is 75.9 Å². The predicted molar refractivity (Wildman–Crippen MR) is 130 cm³/mol. The number of rotatable bonds is 6. The summed E-state index contributed by atoms with van der Waals surface area (Å²) in [7, 11) is 0. The Balaban J connectivity index is 1.42. The van der Waals surface area contributed by atoms with Crippen molar-refractivity contribution in [3.8, 4) is 0 Å². The standard InChI is InChI=1S/C26H25FN2O5S/c1-2-34-25(32)20-6-4-12-28(16-20)23(30)19-10-8-17(9-11-19)14-22-24(31)29(26(33)35-22)15-18-5-3-7-21(27)13-18/h3,5,7-11,13-14,20H,2,4,6,12,15-16H2,1H3/b22-14-/t20-/m0/s1. The summed E-state index contributed by atoms with van der Waals surface area (Å²) >= 11 is 0.826. The first kappa shape index (κ1) is 24.7. The first-order valence-electron chi connectivity index (χ1n) is 11.4. The summed E-state index contributed by atoms with van der Waals surface area (Å²) in [5, 5.41) is -0.418. The van der Waals surface area contributed by atoms with Crippen LogP contribution in [0, 0.1) is 11.7 Å². The van der Waals surface area contributed by atoms with Gasteiger partial charge in [-0.15, -0.1) is 0 Å². The molecule has 0 saturated carbocycles. The number of imide groups is 1. The van der Waals surface area contributed by atoms with Crippen molar-refractivity contribution >= 4 is 40.9 Å². The normalized spacial score (nSPS) is 19.4. The Labute approximate surface area is 206 Å². The van der Waals surface area contributed by atoms with Gasteiger partial charge in [-0.2, -0.15) is 0 Å². The molecule has 2 saturated heterocycles. The zero-order chi connectivity index (χ0) is 24.9. The minimum absolute atomic E-state index is 0.00413. The van der Waals surface area contributed by atoms with Gasteiger partial charge in [0.2, 0.25) is 0 Å². The number of piperidine rings is 1. The van der Waals surface area contributed by atoms with Gasteiger partial charge in [0, 0.05) is 18.7 Å². The molecule has 4 rings (SSSR count). The van der Waals surface area contributed by atoms with Crippen LogP contribution in [0.5, 0.6) is 0 Å². The van der Waals surface area contributed by atoms with Gasteiger partial charge in [0.05, 0.1) is 24.0 Å². The number of ether oxygens (including phenoxy) is 1. The molecule has 2 aromatic carbocycles. The van der Waals surface area contributed by atoms with Crippen LogP contribution in [0.25, 0.3) is 6.08 Å². The van der Waals surface area contributed by atoms with Crippen LogP contribution in [-0.4, -0.2) is 52.5 Å². The average Bonchev–Trinajstić information content (AvgIpc) is 3.11. The predicted octanol–water partition coefficient (Wildman–Crippen LogP) is 4.48. The molecule has 9 heteroatoms. The highest BCUT2D eigenvalue weighted by Gasteiger charge is 2.35. The lowest BCUT2D eigenvalue weighted by Gasteiger charge is -2.31. The summed E-state index contributed by atoms with van der Waals surface area (Å²) in [6.07, 6.45) is 3.04. The van der Waals surface area contributed by atoms with E-state index in [2.05, 4.69) is 0 Å². The van der Waals surface area contributed by atoms with Crippen LogP contribution < -0.4 is 0 Å². The van der Waals surface area contributed by atoms with Gasteiger partial charge in [0.1, 0.15) is 5.82 Å². The Kier molecular flexibility index (Phi) is 7.65. The number of carbonyl (C=O) groups excluding carboxylic acids is 4. The highest BCUT2D eigenvalue weighted by molar-refractivity contribution is 8.18. The van der Waals surface area contributed by atoms with Crippen molar-refractivity contribution in [1.29, 1.82) is 0 Å². The maximum atomic E-state index is 13.4. The number of hydrogen-bond acceptors (Lipinski definition) is 6. The lowest BCUT2D eigenvalue weighted by molar-refractivity contribution is -0.149. The molecule has 182 valence electrons. The van der Waals surface area contributed by atoms with Crippen LogP contribution in [0.4, 0.5) is 9.18 Å². The van der Waals surface area contributed by atoms with Crippen LogP contribution in [0.1, 0.15) is 41.3 Å². The fourth-order valence-corrected chi connectivity index (χ4v) is 4.96. The van der Waals surface area contributed by atoms with Gasteiger partial charge in [0.15, 0.2) is 0 Å². The minimum atomic E-state index is -0.442. The highest BCUT2D eigenvalue weighted by atomic mass is 32.2. The number of nitrogens with zero attached hydrogens (tertiary/aromatic N) is 2. The van der Waals surface area contributed by atoms with Gasteiger partial charge < -0.3 is 9.64 Å². The number of carbonyl (C=O) groups is 4. The van der Waals surface area contributed by atoms with Crippen molar-refractivity contribution in [2.45, 2.75) is 26.3 Å². The molecule has 0 N–H and O–H groups in total. The number of halogens is 1. The summed E-state index contributed by atoms with van der Waals surface area (Å²) < 4.78 is 18.5. The molecule has 0 radical (unpaired) electrons. The van der Waals surface area contributed by atoms with Crippen molar-refractivity contribution in [1.82, 2.24) is 9.80 Å². The molecule has 0 aromatic heterocycles. The molecule has 0 bridgehead atoms. The Morgan fingerprint density at radius 1 is 1.17 bits per heavy atom. The van der Waals surface area contributed by atoms with Crippen molar-refractivity contribution in [2.75, 3.05) is 19.7 Å². The number of hydrogen-bond donors (Lipinski definition) is 0. The van der Waals surface area contributed by atoms with Crippen molar-refractivity contribution in [3.63, 3.8) is 0 Å². The monoisotopic (exact) mass is 496 g/mol.